The maximum absolute atomic E-state index is 9.97. The van der Waals surface area contributed by atoms with E-state index in [-0.39, 0.29) is 6.10 Å². The molecule has 15 heavy (non-hydrogen) atoms. The van der Waals surface area contributed by atoms with Crippen LogP contribution in [-0.2, 0) is 5.60 Å². The molecule has 0 aliphatic rings. The lowest BCUT2D eigenvalue weighted by molar-refractivity contribution is 0.0774. The Morgan fingerprint density at radius 2 is 1.87 bits per heavy atom. The number of hydrogen-bond donors (Lipinski definition) is 1. The monoisotopic (exact) mass is 208 g/mol. The molecule has 2 heteroatoms. The van der Waals surface area contributed by atoms with Gasteiger partial charge in [0.05, 0.1) is 11.7 Å². The van der Waals surface area contributed by atoms with Gasteiger partial charge < -0.3 is 9.84 Å². The summed E-state index contributed by atoms with van der Waals surface area (Å²) in [5.41, 5.74) is 1.18. The lowest BCUT2D eigenvalue weighted by atomic mass is 9.94. The molecule has 0 heterocycles. The van der Waals surface area contributed by atoms with Gasteiger partial charge in [-0.3, -0.25) is 0 Å². The highest BCUT2D eigenvalue weighted by Crippen LogP contribution is 2.27. The third-order valence-corrected chi connectivity index (χ3v) is 2.24. The summed E-state index contributed by atoms with van der Waals surface area (Å²) in [6.07, 6.45) is 0.155. The van der Waals surface area contributed by atoms with Gasteiger partial charge in [0.1, 0.15) is 5.75 Å². The predicted molar refractivity (Wildman–Crippen MR) is 62.2 cm³/mol. The van der Waals surface area contributed by atoms with E-state index in [0.717, 1.165) is 16.9 Å². The Morgan fingerprint density at radius 3 is 2.33 bits per heavy atom. The Labute approximate surface area is 91.9 Å². The van der Waals surface area contributed by atoms with E-state index in [1.165, 1.54) is 0 Å². The van der Waals surface area contributed by atoms with Crippen LogP contribution in [0.4, 0.5) is 0 Å². The van der Waals surface area contributed by atoms with Gasteiger partial charge in [-0.05, 0) is 57.9 Å². The van der Waals surface area contributed by atoms with Crippen LogP contribution >= 0.6 is 0 Å². The molecule has 0 bridgehead atoms. The van der Waals surface area contributed by atoms with Gasteiger partial charge in [-0.25, -0.2) is 0 Å². The number of aliphatic hydroxyl groups is 1. The van der Waals surface area contributed by atoms with Gasteiger partial charge in [0, 0.05) is 0 Å². The lowest BCUT2D eigenvalue weighted by Gasteiger charge is -2.21. The molecule has 0 spiro atoms. The maximum atomic E-state index is 9.97. The molecule has 2 nitrogen and oxygen atoms in total. The van der Waals surface area contributed by atoms with Crippen molar-refractivity contribution in [3.05, 3.63) is 29.3 Å². The minimum Gasteiger partial charge on any atom is -0.491 e. The lowest BCUT2D eigenvalue weighted by Crippen LogP contribution is -2.17. The van der Waals surface area contributed by atoms with Crippen LogP contribution in [0, 0.1) is 6.92 Å². The molecule has 0 unspecified atom stereocenters. The molecule has 1 rings (SSSR count). The average molecular weight is 208 g/mol. The molecular formula is C13H20O2. The van der Waals surface area contributed by atoms with Crippen molar-refractivity contribution in [1.29, 1.82) is 0 Å². The molecule has 0 aliphatic carbocycles. The van der Waals surface area contributed by atoms with E-state index in [2.05, 4.69) is 0 Å². The normalized spacial score (nSPS) is 11.9. The van der Waals surface area contributed by atoms with Gasteiger partial charge in [-0.1, -0.05) is 6.07 Å². The predicted octanol–water partition coefficient (Wildman–Crippen LogP) is 3.01. The summed E-state index contributed by atoms with van der Waals surface area (Å²) in [6, 6.07) is 5.82. The average Bonchev–Trinajstić information content (AvgIpc) is 2.05. The molecule has 84 valence electrons. The first-order valence-corrected chi connectivity index (χ1v) is 5.31. The van der Waals surface area contributed by atoms with Gasteiger partial charge in [-0.2, -0.15) is 0 Å². The van der Waals surface area contributed by atoms with Gasteiger partial charge in [0.15, 0.2) is 0 Å². The fraction of sp³-hybridized carbons (Fsp3) is 0.538. The van der Waals surface area contributed by atoms with E-state index < -0.39 is 5.60 Å². The Bertz CT molecular complexity index is 335. The van der Waals surface area contributed by atoms with E-state index in [1.54, 1.807) is 13.8 Å². The number of benzene rings is 1. The van der Waals surface area contributed by atoms with Gasteiger partial charge >= 0.3 is 0 Å². The van der Waals surface area contributed by atoms with Crippen molar-refractivity contribution in [2.75, 3.05) is 0 Å². The van der Waals surface area contributed by atoms with Crippen LogP contribution in [0.15, 0.2) is 18.2 Å². The van der Waals surface area contributed by atoms with Crippen molar-refractivity contribution in [2.45, 2.75) is 46.3 Å². The van der Waals surface area contributed by atoms with Gasteiger partial charge in [-0.15, -0.1) is 0 Å². The van der Waals surface area contributed by atoms with Crippen LogP contribution in [0.3, 0.4) is 0 Å². The van der Waals surface area contributed by atoms with Crippen molar-refractivity contribution in [2.24, 2.45) is 0 Å². The van der Waals surface area contributed by atoms with Crippen LogP contribution in [0.5, 0.6) is 5.75 Å². The van der Waals surface area contributed by atoms with Crippen molar-refractivity contribution >= 4 is 0 Å². The van der Waals surface area contributed by atoms with Gasteiger partial charge in [0.25, 0.3) is 0 Å². The molecule has 1 aromatic carbocycles. The summed E-state index contributed by atoms with van der Waals surface area (Å²) >= 11 is 0. The molecule has 0 saturated heterocycles. The molecule has 0 aromatic heterocycles. The van der Waals surface area contributed by atoms with Crippen LogP contribution in [0.2, 0.25) is 0 Å². The third kappa shape index (κ3) is 3.24. The molecule has 0 saturated carbocycles. The zero-order chi connectivity index (χ0) is 11.6. The quantitative estimate of drug-likeness (QED) is 0.827. The van der Waals surface area contributed by atoms with E-state index in [1.807, 2.05) is 39.0 Å². The van der Waals surface area contributed by atoms with E-state index >= 15 is 0 Å². The molecule has 0 radical (unpaired) electrons. The second-order valence-corrected chi connectivity index (χ2v) is 4.70. The number of rotatable bonds is 3. The molecule has 0 aliphatic heterocycles. The minimum absolute atomic E-state index is 0.155. The van der Waals surface area contributed by atoms with Crippen molar-refractivity contribution in [1.82, 2.24) is 0 Å². The summed E-state index contributed by atoms with van der Waals surface area (Å²) in [5.74, 6) is 0.813. The molecule has 1 N–H and O–H groups in total. The van der Waals surface area contributed by atoms with Crippen LogP contribution < -0.4 is 4.74 Å². The highest BCUT2D eigenvalue weighted by atomic mass is 16.5. The molecule has 0 amide bonds. The Balaban J connectivity index is 3.06. The maximum Gasteiger partial charge on any atom is 0.120 e. The second kappa shape index (κ2) is 4.23. The SMILES string of the molecule is Cc1ccc(OC(C)C)cc1C(C)(C)O. The van der Waals surface area contributed by atoms with Gasteiger partial charge in [0.2, 0.25) is 0 Å². The Morgan fingerprint density at radius 1 is 1.27 bits per heavy atom. The molecule has 0 atom stereocenters. The number of hydrogen-bond acceptors (Lipinski definition) is 2. The van der Waals surface area contributed by atoms with Crippen molar-refractivity contribution in [3.8, 4) is 5.75 Å². The summed E-state index contributed by atoms with van der Waals surface area (Å²) < 4.78 is 5.59. The number of aryl methyl sites for hydroxylation is 1. The summed E-state index contributed by atoms with van der Waals surface area (Å²) in [5, 5.41) is 9.97. The topological polar surface area (TPSA) is 29.5 Å². The Hall–Kier alpha value is -1.02. The van der Waals surface area contributed by atoms with Crippen molar-refractivity contribution < 1.29 is 9.84 Å². The zero-order valence-electron chi connectivity index (χ0n) is 10.2. The fourth-order valence-corrected chi connectivity index (χ4v) is 1.61. The summed E-state index contributed by atoms with van der Waals surface area (Å²) in [4.78, 5) is 0. The fourth-order valence-electron chi connectivity index (χ4n) is 1.61. The molecule has 1 aromatic rings. The zero-order valence-corrected chi connectivity index (χ0v) is 10.2. The Kier molecular flexibility index (Phi) is 3.40. The molecular weight excluding hydrogens is 188 g/mol. The van der Waals surface area contributed by atoms with E-state index in [9.17, 15) is 5.11 Å². The van der Waals surface area contributed by atoms with Crippen LogP contribution in [0.25, 0.3) is 0 Å². The van der Waals surface area contributed by atoms with Crippen LogP contribution in [0.1, 0.15) is 38.8 Å². The van der Waals surface area contributed by atoms with Crippen LogP contribution in [-0.4, -0.2) is 11.2 Å². The highest BCUT2D eigenvalue weighted by molar-refractivity contribution is 5.38. The van der Waals surface area contributed by atoms with Crippen molar-refractivity contribution in [3.63, 3.8) is 0 Å². The first-order valence-electron chi connectivity index (χ1n) is 5.31. The smallest absolute Gasteiger partial charge is 0.120 e. The molecule has 0 fully saturated rings. The van der Waals surface area contributed by atoms with E-state index in [4.69, 9.17) is 4.74 Å². The standard InChI is InChI=1S/C13H20O2/c1-9(2)15-11-7-6-10(3)12(8-11)13(4,5)14/h6-9,14H,1-5H3. The first-order chi connectivity index (χ1) is 6.80. The third-order valence-electron chi connectivity index (χ3n) is 2.24. The largest absolute Gasteiger partial charge is 0.491 e. The second-order valence-electron chi connectivity index (χ2n) is 4.70. The number of ether oxygens (including phenoxy) is 1. The van der Waals surface area contributed by atoms with E-state index in [0.29, 0.717) is 0 Å². The summed E-state index contributed by atoms with van der Waals surface area (Å²) in [7, 11) is 0. The summed E-state index contributed by atoms with van der Waals surface area (Å²) in [6.45, 7) is 9.54. The first kappa shape index (κ1) is 12.1. The highest BCUT2D eigenvalue weighted by Gasteiger charge is 2.19. The minimum atomic E-state index is -0.819.